The van der Waals surface area contributed by atoms with Crippen LogP contribution in [0.25, 0.3) is 0 Å². The molecule has 2 aromatic rings. The van der Waals surface area contributed by atoms with Crippen molar-refractivity contribution in [1.29, 1.82) is 0 Å². The summed E-state index contributed by atoms with van der Waals surface area (Å²) in [6.07, 6.45) is 7.93. The number of carbonyl (C=O) groups is 1. The van der Waals surface area contributed by atoms with Gasteiger partial charge in [0.2, 0.25) is 5.91 Å². The average Bonchev–Trinajstić information content (AvgIpc) is 2.89. The molecule has 1 unspecified atom stereocenters. The van der Waals surface area contributed by atoms with Gasteiger partial charge in [-0.3, -0.25) is 9.69 Å². The molecule has 1 atom stereocenters. The van der Waals surface area contributed by atoms with Gasteiger partial charge in [0.15, 0.2) is 0 Å². The van der Waals surface area contributed by atoms with Crippen molar-refractivity contribution in [2.45, 2.75) is 70.9 Å². The Morgan fingerprint density at radius 3 is 2.47 bits per heavy atom. The standard InChI is InChI=1S/C30H40ClN3O2/c1-22(2)36-29-20-25(31)13-15-28(29)33-18-16-32(17-19-33)21-26-14-12-23-8-6-7-11-27(23)34(26)30(35)24-9-4-3-5-10-24/h6-8,11,13,15,20,22,24,26H,3-5,9-10,12,14,16-19,21H2,1-2H3. The predicted octanol–water partition coefficient (Wildman–Crippen LogP) is 6.18. The van der Waals surface area contributed by atoms with Crippen LogP contribution in [-0.4, -0.2) is 55.7 Å². The molecule has 0 N–H and O–H groups in total. The maximum Gasteiger partial charge on any atom is 0.230 e. The van der Waals surface area contributed by atoms with Gasteiger partial charge in [0, 0.05) is 61.5 Å². The number of amides is 1. The van der Waals surface area contributed by atoms with Crippen LogP contribution >= 0.6 is 11.6 Å². The van der Waals surface area contributed by atoms with E-state index in [1.807, 2.05) is 26.0 Å². The van der Waals surface area contributed by atoms with Gasteiger partial charge in [-0.05, 0) is 63.3 Å². The summed E-state index contributed by atoms with van der Waals surface area (Å²) in [5.74, 6) is 1.41. The number of nitrogens with zero attached hydrogens (tertiary/aromatic N) is 3. The van der Waals surface area contributed by atoms with Crippen LogP contribution in [0.5, 0.6) is 5.75 Å². The molecule has 2 aromatic carbocycles. The Balaban J connectivity index is 1.27. The number of benzene rings is 2. The fourth-order valence-electron chi connectivity index (χ4n) is 6.19. The van der Waals surface area contributed by atoms with Crippen molar-refractivity contribution in [3.63, 3.8) is 0 Å². The zero-order valence-electron chi connectivity index (χ0n) is 21.8. The largest absolute Gasteiger partial charge is 0.489 e. The third-order valence-electron chi connectivity index (χ3n) is 8.02. The van der Waals surface area contributed by atoms with Gasteiger partial charge in [0.1, 0.15) is 5.75 Å². The lowest BCUT2D eigenvalue weighted by molar-refractivity contribution is -0.124. The Bertz CT molecular complexity index is 1040. The first-order valence-corrected chi connectivity index (χ1v) is 14.2. The van der Waals surface area contributed by atoms with Crippen molar-refractivity contribution < 1.29 is 9.53 Å². The number of fused-ring (bicyclic) bond motifs is 1. The number of carbonyl (C=O) groups excluding carboxylic acids is 1. The number of halogens is 1. The highest BCUT2D eigenvalue weighted by atomic mass is 35.5. The van der Waals surface area contributed by atoms with E-state index in [9.17, 15) is 4.79 Å². The van der Waals surface area contributed by atoms with Crippen molar-refractivity contribution in [3.8, 4) is 5.75 Å². The van der Waals surface area contributed by atoms with Gasteiger partial charge in [0.25, 0.3) is 0 Å². The second kappa shape index (κ2) is 11.4. The molecule has 2 aliphatic heterocycles. The molecule has 1 saturated carbocycles. The van der Waals surface area contributed by atoms with E-state index in [0.29, 0.717) is 10.9 Å². The lowest BCUT2D eigenvalue weighted by Gasteiger charge is -2.44. The maximum atomic E-state index is 13.8. The van der Waals surface area contributed by atoms with Gasteiger partial charge in [0.05, 0.1) is 11.8 Å². The van der Waals surface area contributed by atoms with E-state index in [0.717, 1.165) is 75.5 Å². The third kappa shape index (κ3) is 5.68. The van der Waals surface area contributed by atoms with Gasteiger partial charge in [-0.25, -0.2) is 0 Å². The van der Waals surface area contributed by atoms with E-state index in [1.165, 1.54) is 24.8 Å². The second-order valence-corrected chi connectivity index (χ2v) is 11.4. The van der Waals surface area contributed by atoms with Gasteiger partial charge in [-0.1, -0.05) is 49.1 Å². The molecule has 1 saturated heterocycles. The van der Waals surface area contributed by atoms with Crippen LogP contribution in [0.4, 0.5) is 11.4 Å². The van der Waals surface area contributed by atoms with E-state index in [1.54, 1.807) is 0 Å². The van der Waals surface area contributed by atoms with Crippen LogP contribution in [0, 0.1) is 5.92 Å². The summed E-state index contributed by atoms with van der Waals surface area (Å²) in [6.45, 7) is 8.87. The average molecular weight is 510 g/mol. The zero-order chi connectivity index (χ0) is 25.1. The highest BCUT2D eigenvalue weighted by Crippen LogP contribution is 2.36. The van der Waals surface area contributed by atoms with Gasteiger partial charge in [-0.2, -0.15) is 0 Å². The van der Waals surface area contributed by atoms with Crippen molar-refractivity contribution in [2.24, 2.45) is 5.92 Å². The molecule has 2 fully saturated rings. The van der Waals surface area contributed by atoms with Crippen molar-refractivity contribution in [3.05, 3.63) is 53.1 Å². The molecule has 5 rings (SSSR count). The van der Waals surface area contributed by atoms with E-state index in [-0.39, 0.29) is 18.1 Å². The number of rotatable bonds is 6. The summed E-state index contributed by atoms with van der Waals surface area (Å²) in [7, 11) is 0. The summed E-state index contributed by atoms with van der Waals surface area (Å²) in [5.41, 5.74) is 3.59. The smallest absolute Gasteiger partial charge is 0.230 e. The number of hydrogen-bond donors (Lipinski definition) is 0. The highest BCUT2D eigenvalue weighted by molar-refractivity contribution is 6.30. The molecule has 0 bridgehead atoms. The summed E-state index contributed by atoms with van der Waals surface area (Å²) in [5, 5.41) is 0.702. The molecule has 0 spiro atoms. The number of para-hydroxylation sites is 1. The molecule has 1 aliphatic carbocycles. The molecule has 36 heavy (non-hydrogen) atoms. The van der Waals surface area contributed by atoms with E-state index in [4.69, 9.17) is 16.3 Å². The minimum atomic E-state index is 0.102. The maximum absolute atomic E-state index is 13.8. The summed E-state index contributed by atoms with van der Waals surface area (Å²) in [6, 6.07) is 14.8. The van der Waals surface area contributed by atoms with Crippen LogP contribution in [-0.2, 0) is 11.2 Å². The highest BCUT2D eigenvalue weighted by Gasteiger charge is 2.36. The molecule has 2 heterocycles. The Hall–Kier alpha value is -2.24. The second-order valence-electron chi connectivity index (χ2n) is 10.9. The normalized spacial score (nSPS) is 21.5. The number of hydrogen-bond acceptors (Lipinski definition) is 4. The molecule has 0 radical (unpaired) electrons. The molecular formula is C30H40ClN3O2. The summed E-state index contributed by atoms with van der Waals surface area (Å²) >= 11 is 6.26. The van der Waals surface area contributed by atoms with Crippen LogP contribution in [0.15, 0.2) is 42.5 Å². The van der Waals surface area contributed by atoms with Crippen LogP contribution < -0.4 is 14.5 Å². The zero-order valence-corrected chi connectivity index (χ0v) is 22.6. The Kier molecular flexibility index (Phi) is 8.07. The SMILES string of the molecule is CC(C)Oc1cc(Cl)ccc1N1CCN(CC2CCc3ccccc3N2C(=O)C2CCCCC2)CC1. The lowest BCUT2D eigenvalue weighted by Crippen LogP contribution is -2.55. The predicted molar refractivity (Wildman–Crippen MR) is 148 cm³/mol. The molecule has 1 amide bonds. The third-order valence-corrected chi connectivity index (χ3v) is 8.26. The summed E-state index contributed by atoms with van der Waals surface area (Å²) in [4.78, 5) is 21.0. The number of anilines is 2. The van der Waals surface area contributed by atoms with Gasteiger partial charge < -0.3 is 14.5 Å². The topological polar surface area (TPSA) is 36.0 Å². The molecule has 0 aromatic heterocycles. The summed E-state index contributed by atoms with van der Waals surface area (Å²) < 4.78 is 6.08. The first-order valence-electron chi connectivity index (χ1n) is 13.8. The first kappa shape index (κ1) is 25.4. The molecule has 6 heteroatoms. The van der Waals surface area contributed by atoms with Crippen molar-refractivity contribution in [1.82, 2.24) is 4.90 Å². The molecule has 3 aliphatic rings. The van der Waals surface area contributed by atoms with Crippen molar-refractivity contribution in [2.75, 3.05) is 42.5 Å². The fraction of sp³-hybridized carbons (Fsp3) is 0.567. The Labute approximate surface area is 221 Å². The Morgan fingerprint density at radius 1 is 0.972 bits per heavy atom. The van der Waals surface area contributed by atoms with Crippen LogP contribution in [0.2, 0.25) is 5.02 Å². The van der Waals surface area contributed by atoms with E-state index >= 15 is 0 Å². The van der Waals surface area contributed by atoms with Crippen molar-refractivity contribution >= 4 is 28.9 Å². The quantitative estimate of drug-likeness (QED) is 0.466. The van der Waals surface area contributed by atoms with Crippen LogP contribution in [0.3, 0.4) is 0 Å². The lowest BCUT2D eigenvalue weighted by atomic mass is 9.86. The Morgan fingerprint density at radius 2 is 1.72 bits per heavy atom. The monoisotopic (exact) mass is 509 g/mol. The molecular weight excluding hydrogens is 470 g/mol. The van der Waals surface area contributed by atoms with Crippen LogP contribution in [0.1, 0.15) is 57.9 Å². The molecule has 194 valence electrons. The van der Waals surface area contributed by atoms with E-state index < -0.39 is 0 Å². The number of piperazine rings is 1. The minimum absolute atomic E-state index is 0.102. The number of ether oxygens (including phenoxy) is 1. The first-order chi connectivity index (χ1) is 17.5. The fourth-order valence-corrected chi connectivity index (χ4v) is 6.35. The minimum Gasteiger partial charge on any atom is -0.489 e. The van der Waals surface area contributed by atoms with E-state index in [2.05, 4.69) is 45.0 Å². The van der Waals surface area contributed by atoms with Gasteiger partial charge >= 0.3 is 0 Å². The number of aryl methyl sites for hydroxylation is 1. The molecule has 5 nitrogen and oxygen atoms in total. The van der Waals surface area contributed by atoms with Gasteiger partial charge in [-0.15, -0.1) is 0 Å².